The molecule has 0 rings (SSSR count). The van der Waals surface area contributed by atoms with Crippen molar-refractivity contribution in [2.45, 2.75) is 34.6 Å². The summed E-state index contributed by atoms with van der Waals surface area (Å²) in [6, 6.07) is 0. The fourth-order valence-electron chi connectivity index (χ4n) is 1.13. The molecule has 0 spiro atoms. The third-order valence-corrected chi connectivity index (χ3v) is 2.06. The first-order valence-electron chi connectivity index (χ1n) is 5.12. The van der Waals surface area contributed by atoms with Gasteiger partial charge < -0.3 is 10.6 Å². The smallest absolute Gasteiger partial charge is 0.225 e. The number of nitrogens with one attached hydrogen (secondary N) is 2. The van der Waals surface area contributed by atoms with Gasteiger partial charge in [0.05, 0.1) is 0 Å². The van der Waals surface area contributed by atoms with Crippen LogP contribution in [0.4, 0.5) is 0 Å². The Morgan fingerprint density at radius 3 is 1.93 bits per heavy atom. The monoisotopic (exact) mass is 200 g/mol. The number of carbonyl (C=O) groups excluding carboxylic acids is 1. The van der Waals surface area contributed by atoms with Crippen molar-refractivity contribution in [2.24, 2.45) is 10.8 Å². The molecule has 0 aliphatic carbocycles. The van der Waals surface area contributed by atoms with Crippen molar-refractivity contribution in [3.63, 3.8) is 0 Å². The van der Waals surface area contributed by atoms with E-state index < -0.39 is 0 Å². The highest BCUT2D eigenvalue weighted by Crippen LogP contribution is 2.15. The lowest BCUT2D eigenvalue weighted by Crippen LogP contribution is -2.43. The number of hydrogen-bond acceptors (Lipinski definition) is 2. The molecular formula is C11H24N2O. The second kappa shape index (κ2) is 4.78. The van der Waals surface area contributed by atoms with E-state index in [1.54, 1.807) is 0 Å². The van der Waals surface area contributed by atoms with Gasteiger partial charge in [0.25, 0.3) is 0 Å². The molecule has 2 N–H and O–H groups in total. The molecule has 0 aromatic carbocycles. The molecule has 0 aliphatic heterocycles. The van der Waals surface area contributed by atoms with Crippen molar-refractivity contribution in [1.82, 2.24) is 10.6 Å². The first kappa shape index (κ1) is 13.4. The summed E-state index contributed by atoms with van der Waals surface area (Å²) >= 11 is 0. The zero-order valence-electron chi connectivity index (χ0n) is 10.3. The zero-order valence-corrected chi connectivity index (χ0v) is 10.3. The average Bonchev–Trinajstić information content (AvgIpc) is 1.98. The minimum atomic E-state index is -0.296. The van der Waals surface area contributed by atoms with Crippen LogP contribution in [-0.2, 0) is 4.79 Å². The Kier molecular flexibility index (Phi) is 4.59. The Labute approximate surface area is 87.6 Å². The fraction of sp³-hybridized carbons (Fsp3) is 0.909. The lowest BCUT2D eigenvalue weighted by molar-refractivity contribution is -0.128. The predicted molar refractivity (Wildman–Crippen MR) is 60.2 cm³/mol. The third-order valence-electron chi connectivity index (χ3n) is 2.06. The van der Waals surface area contributed by atoms with E-state index in [1.165, 1.54) is 0 Å². The van der Waals surface area contributed by atoms with Gasteiger partial charge in [-0.05, 0) is 12.5 Å². The van der Waals surface area contributed by atoms with Gasteiger partial charge in [-0.3, -0.25) is 4.79 Å². The average molecular weight is 200 g/mol. The molecular weight excluding hydrogens is 176 g/mol. The predicted octanol–water partition coefficient (Wildman–Crippen LogP) is 1.39. The second-order valence-electron chi connectivity index (χ2n) is 5.63. The van der Waals surface area contributed by atoms with Gasteiger partial charge in [-0.2, -0.15) is 0 Å². The van der Waals surface area contributed by atoms with E-state index in [-0.39, 0.29) is 16.7 Å². The summed E-state index contributed by atoms with van der Waals surface area (Å²) < 4.78 is 0. The highest BCUT2D eigenvalue weighted by atomic mass is 16.2. The van der Waals surface area contributed by atoms with E-state index in [9.17, 15) is 4.79 Å². The van der Waals surface area contributed by atoms with Gasteiger partial charge in [-0.25, -0.2) is 0 Å². The molecule has 0 saturated heterocycles. The molecule has 84 valence electrons. The van der Waals surface area contributed by atoms with E-state index in [1.807, 2.05) is 27.8 Å². The van der Waals surface area contributed by atoms with E-state index in [0.29, 0.717) is 6.54 Å². The van der Waals surface area contributed by atoms with Crippen molar-refractivity contribution in [3.05, 3.63) is 0 Å². The van der Waals surface area contributed by atoms with Crippen LogP contribution in [0.25, 0.3) is 0 Å². The molecule has 0 bridgehead atoms. The molecule has 0 aromatic rings. The first-order valence-corrected chi connectivity index (χ1v) is 5.12. The van der Waals surface area contributed by atoms with Crippen molar-refractivity contribution in [1.29, 1.82) is 0 Å². The summed E-state index contributed by atoms with van der Waals surface area (Å²) in [6.45, 7) is 11.6. The Hall–Kier alpha value is -0.570. The zero-order chi connectivity index (χ0) is 11.4. The molecule has 0 fully saturated rings. The summed E-state index contributed by atoms with van der Waals surface area (Å²) in [5.41, 5.74) is -0.189. The van der Waals surface area contributed by atoms with Crippen molar-refractivity contribution in [2.75, 3.05) is 20.1 Å². The Balaban J connectivity index is 4.00. The molecule has 0 saturated carbocycles. The summed E-state index contributed by atoms with van der Waals surface area (Å²) in [5.74, 6) is 0.113. The third kappa shape index (κ3) is 5.22. The number of carbonyl (C=O) groups is 1. The largest absolute Gasteiger partial charge is 0.355 e. The standard InChI is InChI=1S/C11H24N2O/c1-10(2,3)9(14)13-8-11(4,5)7-12-6/h12H,7-8H2,1-6H3,(H,13,14). The Morgan fingerprint density at radius 2 is 1.57 bits per heavy atom. The molecule has 0 unspecified atom stereocenters. The van der Waals surface area contributed by atoms with Gasteiger partial charge >= 0.3 is 0 Å². The van der Waals surface area contributed by atoms with Crippen LogP contribution in [0, 0.1) is 10.8 Å². The lowest BCUT2D eigenvalue weighted by atomic mass is 9.91. The van der Waals surface area contributed by atoms with Crippen LogP contribution in [0.3, 0.4) is 0 Å². The molecule has 1 amide bonds. The van der Waals surface area contributed by atoms with Crippen molar-refractivity contribution < 1.29 is 4.79 Å². The second-order valence-corrected chi connectivity index (χ2v) is 5.63. The molecule has 3 nitrogen and oxygen atoms in total. The van der Waals surface area contributed by atoms with Crippen LogP contribution in [0.5, 0.6) is 0 Å². The molecule has 0 radical (unpaired) electrons. The molecule has 0 atom stereocenters. The van der Waals surface area contributed by atoms with Gasteiger partial charge in [-0.15, -0.1) is 0 Å². The van der Waals surface area contributed by atoms with E-state index in [4.69, 9.17) is 0 Å². The van der Waals surface area contributed by atoms with E-state index in [2.05, 4.69) is 24.5 Å². The molecule has 0 aromatic heterocycles. The Bertz CT molecular complexity index is 192. The van der Waals surface area contributed by atoms with Gasteiger partial charge in [0, 0.05) is 18.5 Å². The van der Waals surface area contributed by atoms with Crippen LogP contribution in [-0.4, -0.2) is 26.0 Å². The lowest BCUT2D eigenvalue weighted by Gasteiger charge is -2.27. The minimum absolute atomic E-state index is 0.107. The molecule has 14 heavy (non-hydrogen) atoms. The molecule has 0 heterocycles. The summed E-state index contributed by atoms with van der Waals surface area (Å²) in [6.07, 6.45) is 0. The van der Waals surface area contributed by atoms with Gasteiger partial charge in [0.2, 0.25) is 5.91 Å². The van der Waals surface area contributed by atoms with E-state index >= 15 is 0 Å². The number of amides is 1. The topological polar surface area (TPSA) is 41.1 Å². The highest BCUT2D eigenvalue weighted by molar-refractivity contribution is 5.81. The van der Waals surface area contributed by atoms with Crippen LogP contribution in [0.1, 0.15) is 34.6 Å². The van der Waals surface area contributed by atoms with Crippen LogP contribution in [0.2, 0.25) is 0 Å². The van der Waals surface area contributed by atoms with Crippen molar-refractivity contribution >= 4 is 5.91 Å². The summed E-state index contributed by atoms with van der Waals surface area (Å²) in [7, 11) is 1.92. The molecule has 3 heteroatoms. The maximum absolute atomic E-state index is 11.6. The Morgan fingerprint density at radius 1 is 1.07 bits per heavy atom. The maximum Gasteiger partial charge on any atom is 0.225 e. The molecule has 0 aliphatic rings. The van der Waals surface area contributed by atoms with Gasteiger partial charge in [0.1, 0.15) is 0 Å². The summed E-state index contributed by atoms with van der Waals surface area (Å²) in [5, 5.41) is 6.09. The fourth-order valence-corrected chi connectivity index (χ4v) is 1.13. The highest BCUT2D eigenvalue weighted by Gasteiger charge is 2.24. The summed E-state index contributed by atoms with van der Waals surface area (Å²) in [4.78, 5) is 11.6. The first-order chi connectivity index (χ1) is 6.19. The van der Waals surface area contributed by atoms with Crippen LogP contribution < -0.4 is 10.6 Å². The van der Waals surface area contributed by atoms with Gasteiger partial charge in [0.15, 0.2) is 0 Å². The SMILES string of the molecule is CNCC(C)(C)CNC(=O)C(C)(C)C. The van der Waals surface area contributed by atoms with Gasteiger partial charge in [-0.1, -0.05) is 34.6 Å². The minimum Gasteiger partial charge on any atom is -0.355 e. The van der Waals surface area contributed by atoms with Crippen molar-refractivity contribution in [3.8, 4) is 0 Å². The van der Waals surface area contributed by atoms with Crippen LogP contribution >= 0.6 is 0 Å². The quantitative estimate of drug-likeness (QED) is 0.720. The van der Waals surface area contributed by atoms with E-state index in [0.717, 1.165) is 6.54 Å². The normalized spacial score (nSPS) is 12.7. The number of rotatable bonds is 4. The van der Waals surface area contributed by atoms with Crippen LogP contribution in [0.15, 0.2) is 0 Å². The maximum atomic E-state index is 11.6. The number of hydrogen-bond donors (Lipinski definition) is 2.